The molecule has 1 amide bonds. The highest BCUT2D eigenvalue weighted by Gasteiger charge is 2.04. The Kier molecular flexibility index (Phi) is 8.22. The summed E-state index contributed by atoms with van der Waals surface area (Å²) in [6.07, 6.45) is 5.58. The van der Waals surface area contributed by atoms with E-state index < -0.39 is 0 Å². The minimum atomic E-state index is -0.0732. The van der Waals surface area contributed by atoms with Crippen LogP contribution in [0.15, 0.2) is 72.0 Å². The van der Waals surface area contributed by atoms with Crippen molar-refractivity contribution in [2.45, 2.75) is 19.8 Å². The van der Waals surface area contributed by atoms with Gasteiger partial charge in [0.15, 0.2) is 5.96 Å². The number of rotatable bonds is 9. The zero-order valence-corrected chi connectivity index (χ0v) is 18.1. The van der Waals surface area contributed by atoms with Gasteiger partial charge in [0, 0.05) is 38.4 Å². The molecule has 3 N–H and O–H groups in total. The number of nitrogens with one attached hydrogen (secondary N) is 3. The standard InChI is InChI=1S/C24H30N6O/c1-3-26-24(27-14-12-19-8-7-9-21(16-19)23(31)25-2)28-15-13-20-17-29-30(18-20)22-10-5-4-6-11-22/h4-11,16-18H,3,12-15H2,1-2H3,(H,25,31)(H2,26,27,28). The van der Waals surface area contributed by atoms with Crippen LogP contribution >= 0.6 is 0 Å². The van der Waals surface area contributed by atoms with Gasteiger partial charge in [0.05, 0.1) is 11.9 Å². The molecule has 3 aromatic rings. The van der Waals surface area contributed by atoms with Crippen LogP contribution in [0.5, 0.6) is 0 Å². The average Bonchev–Trinajstić information content (AvgIpc) is 3.28. The van der Waals surface area contributed by atoms with Crippen molar-refractivity contribution in [1.82, 2.24) is 25.7 Å². The van der Waals surface area contributed by atoms with E-state index in [1.807, 2.05) is 72.4 Å². The highest BCUT2D eigenvalue weighted by Crippen LogP contribution is 2.08. The van der Waals surface area contributed by atoms with E-state index in [1.165, 1.54) is 5.56 Å². The van der Waals surface area contributed by atoms with Gasteiger partial charge < -0.3 is 16.0 Å². The second-order valence-corrected chi connectivity index (χ2v) is 7.10. The molecule has 162 valence electrons. The van der Waals surface area contributed by atoms with Gasteiger partial charge in [-0.3, -0.25) is 9.79 Å². The normalized spacial score (nSPS) is 11.2. The predicted octanol–water partition coefficient (Wildman–Crippen LogP) is 2.57. The summed E-state index contributed by atoms with van der Waals surface area (Å²) in [6, 6.07) is 17.7. The molecule has 0 unspecified atom stereocenters. The average molecular weight is 419 g/mol. The Hall–Kier alpha value is -3.61. The van der Waals surface area contributed by atoms with Gasteiger partial charge >= 0.3 is 0 Å². The number of benzene rings is 2. The first kappa shape index (κ1) is 22.1. The maximum atomic E-state index is 11.8. The molecule has 0 aliphatic rings. The Balaban J connectivity index is 1.50. The highest BCUT2D eigenvalue weighted by atomic mass is 16.1. The van der Waals surface area contributed by atoms with E-state index in [0.717, 1.165) is 43.1 Å². The van der Waals surface area contributed by atoms with Crippen LogP contribution in [0.2, 0.25) is 0 Å². The van der Waals surface area contributed by atoms with Crippen LogP contribution < -0.4 is 16.0 Å². The van der Waals surface area contributed by atoms with Crippen molar-refractivity contribution in [2.24, 2.45) is 4.99 Å². The zero-order chi connectivity index (χ0) is 21.9. The van der Waals surface area contributed by atoms with Gasteiger partial charge in [-0.2, -0.15) is 5.10 Å². The Morgan fingerprint density at radius 3 is 2.65 bits per heavy atom. The van der Waals surface area contributed by atoms with Crippen LogP contribution in [-0.4, -0.2) is 48.3 Å². The summed E-state index contributed by atoms with van der Waals surface area (Å²) in [5.41, 5.74) is 3.98. The zero-order valence-electron chi connectivity index (χ0n) is 18.1. The van der Waals surface area contributed by atoms with Crippen LogP contribution in [-0.2, 0) is 12.8 Å². The second kappa shape index (κ2) is 11.5. The summed E-state index contributed by atoms with van der Waals surface area (Å²) >= 11 is 0. The van der Waals surface area contributed by atoms with Crippen LogP contribution in [0.4, 0.5) is 0 Å². The Morgan fingerprint density at radius 2 is 1.87 bits per heavy atom. The quantitative estimate of drug-likeness (QED) is 0.368. The Bertz CT molecular complexity index is 996. The van der Waals surface area contributed by atoms with Gasteiger partial charge in [-0.1, -0.05) is 30.3 Å². The number of amides is 1. The van der Waals surface area contributed by atoms with Crippen molar-refractivity contribution < 1.29 is 4.79 Å². The van der Waals surface area contributed by atoms with E-state index in [1.54, 1.807) is 7.05 Å². The number of aromatic nitrogens is 2. The molecule has 0 fully saturated rings. The lowest BCUT2D eigenvalue weighted by atomic mass is 10.1. The van der Waals surface area contributed by atoms with Gasteiger partial charge in [-0.15, -0.1) is 0 Å². The molecule has 0 aliphatic heterocycles. The summed E-state index contributed by atoms with van der Waals surface area (Å²) in [4.78, 5) is 16.4. The molecule has 1 heterocycles. The summed E-state index contributed by atoms with van der Waals surface area (Å²) in [6.45, 7) is 4.24. The summed E-state index contributed by atoms with van der Waals surface area (Å²) in [5, 5.41) is 13.8. The number of para-hydroxylation sites is 1. The Labute approximate surface area is 183 Å². The number of carbonyl (C=O) groups is 1. The first-order valence-corrected chi connectivity index (χ1v) is 10.6. The molecule has 0 saturated carbocycles. The van der Waals surface area contributed by atoms with Gasteiger partial charge in [0.1, 0.15) is 0 Å². The molecule has 1 aromatic heterocycles. The number of hydrogen-bond donors (Lipinski definition) is 3. The molecule has 0 atom stereocenters. The predicted molar refractivity (Wildman–Crippen MR) is 125 cm³/mol. The second-order valence-electron chi connectivity index (χ2n) is 7.10. The maximum Gasteiger partial charge on any atom is 0.251 e. The van der Waals surface area contributed by atoms with Gasteiger partial charge in [-0.05, 0) is 55.2 Å². The number of hydrogen-bond acceptors (Lipinski definition) is 3. The topological polar surface area (TPSA) is 83.3 Å². The molecule has 0 saturated heterocycles. The van der Waals surface area contributed by atoms with Gasteiger partial charge in [0.25, 0.3) is 5.91 Å². The fourth-order valence-corrected chi connectivity index (χ4v) is 3.19. The maximum absolute atomic E-state index is 11.8. The van der Waals surface area contributed by atoms with Gasteiger partial charge in [0.2, 0.25) is 0 Å². The number of carbonyl (C=O) groups excluding carboxylic acids is 1. The van der Waals surface area contributed by atoms with Crippen molar-refractivity contribution >= 4 is 11.9 Å². The van der Waals surface area contributed by atoms with E-state index in [2.05, 4.69) is 32.2 Å². The molecule has 0 spiro atoms. The van der Waals surface area contributed by atoms with E-state index in [4.69, 9.17) is 0 Å². The van der Waals surface area contributed by atoms with Crippen molar-refractivity contribution in [3.05, 3.63) is 83.7 Å². The fourth-order valence-electron chi connectivity index (χ4n) is 3.19. The fraction of sp³-hybridized carbons (Fsp3) is 0.292. The summed E-state index contributed by atoms with van der Waals surface area (Å²) in [5.74, 6) is 0.719. The first-order chi connectivity index (χ1) is 15.2. The van der Waals surface area contributed by atoms with Crippen LogP contribution in [0.3, 0.4) is 0 Å². The smallest absolute Gasteiger partial charge is 0.251 e. The molecular weight excluding hydrogens is 388 g/mol. The molecule has 7 nitrogen and oxygen atoms in total. The van der Waals surface area contributed by atoms with E-state index in [0.29, 0.717) is 12.1 Å². The number of aliphatic imine (C=N–C) groups is 1. The lowest BCUT2D eigenvalue weighted by Crippen LogP contribution is -2.38. The molecule has 2 aromatic carbocycles. The molecule has 0 aliphatic carbocycles. The van der Waals surface area contributed by atoms with Gasteiger partial charge in [-0.25, -0.2) is 4.68 Å². The SMILES string of the molecule is CCNC(=NCCc1cccc(C(=O)NC)c1)NCCc1cnn(-c2ccccc2)c1. The third kappa shape index (κ3) is 6.70. The van der Waals surface area contributed by atoms with E-state index >= 15 is 0 Å². The lowest BCUT2D eigenvalue weighted by molar-refractivity contribution is 0.0963. The lowest BCUT2D eigenvalue weighted by Gasteiger charge is -2.11. The highest BCUT2D eigenvalue weighted by molar-refractivity contribution is 5.94. The van der Waals surface area contributed by atoms with Crippen LogP contribution in [0, 0.1) is 0 Å². The molecular formula is C24H30N6O. The largest absolute Gasteiger partial charge is 0.357 e. The third-order valence-electron chi connectivity index (χ3n) is 4.79. The molecule has 31 heavy (non-hydrogen) atoms. The molecule has 0 radical (unpaired) electrons. The van der Waals surface area contributed by atoms with E-state index in [-0.39, 0.29) is 5.91 Å². The van der Waals surface area contributed by atoms with E-state index in [9.17, 15) is 4.79 Å². The minimum Gasteiger partial charge on any atom is -0.357 e. The molecule has 0 bridgehead atoms. The molecule has 7 heteroatoms. The summed E-state index contributed by atoms with van der Waals surface area (Å²) < 4.78 is 1.89. The Morgan fingerprint density at radius 1 is 1.03 bits per heavy atom. The minimum absolute atomic E-state index is 0.0732. The van der Waals surface area contributed by atoms with Crippen molar-refractivity contribution in [2.75, 3.05) is 26.7 Å². The first-order valence-electron chi connectivity index (χ1n) is 10.6. The van der Waals surface area contributed by atoms with Crippen molar-refractivity contribution in [3.8, 4) is 5.69 Å². The number of guanidine groups is 1. The number of nitrogens with zero attached hydrogens (tertiary/aromatic N) is 3. The van der Waals surface area contributed by atoms with Crippen molar-refractivity contribution in [1.29, 1.82) is 0 Å². The summed E-state index contributed by atoms with van der Waals surface area (Å²) in [7, 11) is 1.64. The molecule has 3 rings (SSSR count). The van der Waals surface area contributed by atoms with Crippen LogP contribution in [0.1, 0.15) is 28.4 Å². The van der Waals surface area contributed by atoms with Crippen molar-refractivity contribution in [3.63, 3.8) is 0 Å². The third-order valence-corrected chi connectivity index (χ3v) is 4.79. The van der Waals surface area contributed by atoms with Crippen LogP contribution in [0.25, 0.3) is 5.69 Å². The monoisotopic (exact) mass is 418 g/mol.